The third kappa shape index (κ3) is 4.80. The molecular weight excluding hydrogens is 402 g/mol. The Kier molecular flexibility index (Phi) is 7.10. The number of aromatic nitrogens is 1. The molecule has 4 rings (SSSR count). The highest BCUT2D eigenvalue weighted by molar-refractivity contribution is 5.97. The van der Waals surface area contributed by atoms with E-state index in [9.17, 15) is 9.59 Å². The molecule has 32 heavy (non-hydrogen) atoms. The van der Waals surface area contributed by atoms with Crippen molar-refractivity contribution in [3.8, 4) is 0 Å². The van der Waals surface area contributed by atoms with Gasteiger partial charge in [-0.25, -0.2) is 0 Å². The zero-order chi connectivity index (χ0) is 22.5. The topological polar surface area (TPSA) is 74.4 Å². The fourth-order valence-corrected chi connectivity index (χ4v) is 4.92. The highest BCUT2D eigenvalue weighted by Gasteiger charge is 2.25. The average molecular weight is 436 g/mol. The molecule has 2 aliphatic rings. The number of rotatable bonds is 3. The van der Waals surface area contributed by atoms with Crippen molar-refractivity contribution in [3.05, 3.63) is 74.7 Å². The Bertz CT molecular complexity index is 1050. The van der Waals surface area contributed by atoms with E-state index in [1.54, 1.807) is 0 Å². The second kappa shape index (κ2) is 10.2. The van der Waals surface area contributed by atoms with Gasteiger partial charge < -0.3 is 19.9 Å². The number of fused-ring (bicyclic) bond motifs is 2. The number of hydrogen-bond donors (Lipinski definition) is 2. The SMILES string of the molecule is CCN(c1cccc2c1C/C=C/CCc1cc(C)[nH]c(=O)c1CNC2=O)C1CCOCC1. The molecular formula is C26H33N3O3. The van der Waals surface area contributed by atoms with Crippen molar-refractivity contribution >= 4 is 11.6 Å². The van der Waals surface area contributed by atoms with Crippen LogP contribution in [0.4, 0.5) is 5.69 Å². The quantitative estimate of drug-likeness (QED) is 0.722. The van der Waals surface area contributed by atoms with Crippen LogP contribution in [0.15, 0.2) is 41.2 Å². The van der Waals surface area contributed by atoms with Crippen LogP contribution in [-0.4, -0.2) is 36.7 Å². The molecule has 0 bridgehead atoms. The summed E-state index contributed by atoms with van der Waals surface area (Å²) >= 11 is 0. The van der Waals surface area contributed by atoms with Gasteiger partial charge in [-0.15, -0.1) is 0 Å². The van der Waals surface area contributed by atoms with Crippen LogP contribution in [0.5, 0.6) is 0 Å². The minimum Gasteiger partial charge on any atom is -0.381 e. The van der Waals surface area contributed by atoms with Gasteiger partial charge in [0.1, 0.15) is 0 Å². The summed E-state index contributed by atoms with van der Waals surface area (Å²) in [6.45, 7) is 6.74. The van der Waals surface area contributed by atoms with E-state index in [0.717, 1.165) is 68.0 Å². The minimum atomic E-state index is -0.134. The van der Waals surface area contributed by atoms with Gasteiger partial charge in [0.05, 0.1) is 0 Å². The summed E-state index contributed by atoms with van der Waals surface area (Å²) in [5.41, 5.74) is 5.24. The summed E-state index contributed by atoms with van der Waals surface area (Å²) in [7, 11) is 0. The minimum absolute atomic E-state index is 0.119. The van der Waals surface area contributed by atoms with E-state index < -0.39 is 0 Å². The molecule has 1 amide bonds. The Labute approximate surface area is 189 Å². The number of hydrogen-bond acceptors (Lipinski definition) is 4. The van der Waals surface area contributed by atoms with Gasteiger partial charge in [0.25, 0.3) is 11.5 Å². The first-order valence-corrected chi connectivity index (χ1v) is 11.7. The number of ether oxygens (including phenoxy) is 1. The Hall–Kier alpha value is -2.86. The maximum atomic E-state index is 13.3. The lowest BCUT2D eigenvalue weighted by Gasteiger charge is -2.37. The van der Waals surface area contributed by atoms with E-state index in [1.807, 2.05) is 25.1 Å². The van der Waals surface area contributed by atoms with E-state index in [2.05, 4.69) is 40.3 Å². The zero-order valence-electron chi connectivity index (χ0n) is 19.1. The molecule has 0 atom stereocenters. The van der Waals surface area contributed by atoms with Gasteiger partial charge in [-0.2, -0.15) is 0 Å². The normalized spacial score (nSPS) is 18.5. The maximum Gasteiger partial charge on any atom is 0.253 e. The average Bonchev–Trinajstić information content (AvgIpc) is 2.79. The van der Waals surface area contributed by atoms with Gasteiger partial charge in [0, 0.05) is 54.9 Å². The molecule has 6 heteroatoms. The van der Waals surface area contributed by atoms with Crippen molar-refractivity contribution in [3.63, 3.8) is 0 Å². The van der Waals surface area contributed by atoms with E-state index in [4.69, 9.17) is 4.74 Å². The van der Waals surface area contributed by atoms with Crippen LogP contribution in [0.3, 0.4) is 0 Å². The maximum absolute atomic E-state index is 13.3. The summed E-state index contributed by atoms with van der Waals surface area (Å²) in [5, 5.41) is 3.02. The zero-order valence-corrected chi connectivity index (χ0v) is 19.1. The number of H-pyrrole nitrogens is 1. The number of pyridine rings is 1. The molecule has 2 aromatic rings. The number of nitrogens with one attached hydrogen (secondary N) is 2. The summed E-state index contributed by atoms with van der Waals surface area (Å²) < 4.78 is 5.57. The summed E-state index contributed by atoms with van der Waals surface area (Å²) in [6, 6.07) is 8.43. The molecule has 0 unspecified atom stereocenters. The van der Waals surface area contributed by atoms with Gasteiger partial charge in [-0.3, -0.25) is 9.59 Å². The first-order valence-electron chi connectivity index (χ1n) is 11.7. The Morgan fingerprint density at radius 3 is 2.72 bits per heavy atom. The second-order valence-electron chi connectivity index (χ2n) is 8.61. The molecule has 6 nitrogen and oxygen atoms in total. The number of amides is 1. The Balaban J connectivity index is 1.70. The number of aryl methyl sites for hydroxylation is 2. The number of carbonyl (C=O) groups is 1. The molecule has 1 aromatic heterocycles. The predicted molar refractivity (Wildman–Crippen MR) is 127 cm³/mol. The highest BCUT2D eigenvalue weighted by Crippen LogP contribution is 2.30. The van der Waals surface area contributed by atoms with Crippen LogP contribution in [0, 0.1) is 6.92 Å². The van der Waals surface area contributed by atoms with Crippen molar-refractivity contribution in [1.29, 1.82) is 0 Å². The van der Waals surface area contributed by atoms with Crippen molar-refractivity contribution in [2.24, 2.45) is 0 Å². The van der Waals surface area contributed by atoms with E-state index >= 15 is 0 Å². The number of anilines is 1. The van der Waals surface area contributed by atoms with Gasteiger partial charge in [-0.1, -0.05) is 18.2 Å². The number of allylic oxidation sites excluding steroid dienone is 2. The summed E-state index contributed by atoms with van der Waals surface area (Å²) in [5.74, 6) is -0.134. The molecule has 2 N–H and O–H groups in total. The molecule has 3 heterocycles. The molecule has 2 aliphatic heterocycles. The Morgan fingerprint density at radius 1 is 1.12 bits per heavy atom. The lowest BCUT2D eigenvalue weighted by molar-refractivity contribution is 0.0845. The number of benzene rings is 1. The van der Waals surface area contributed by atoms with Gasteiger partial charge in [-0.05, 0) is 75.3 Å². The Morgan fingerprint density at radius 2 is 1.94 bits per heavy atom. The first-order chi connectivity index (χ1) is 15.6. The van der Waals surface area contributed by atoms with Crippen molar-refractivity contribution < 1.29 is 9.53 Å². The highest BCUT2D eigenvalue weighted by atomic mass is 16.5. The van der Waals surface area contributed by atoms with Crippen LogP contribution < -0.4 is 15.8 Å². The largest absolute Gasteiger partial charge is 0.381 e. The van der Waals surface area contributed by atoms with Gasteiger partial charge >= 0.3 is 0 Å². The monoisotopic (exact) mass is 435 g/mol. The van der Waals surface area contributed by atoms with Gasteiger partial charge in [0.2, 0.25) is 0 Å². The van der Waals surface area contributed by atoms with Crippen LogP contribution in [0.2, 0.25) is 0 Å². The van der Waals surface area contributed by atoms with E-state index in [0.29, 0.717) is 23.6 Å². The van der Waals surface area contributed by atoms with Crippen LogP contribution >= 0.6 is 0 Å². The first kappa shape index (κ1) is 22.3. The molecule has 0 saturated carbocycles. The standard InChI is InChI=1S/C26H33N3O3/c1-3-29(20-12-14-32-15-13-20)24-11-7-10-22-21(24)9-6-4-5-8-19-16-18(2)28-26(31)23(19)17-27-25(22)30/h4,6-7,10-11,16,20H,3,5,8-9,12-15,17H2,1-2H3,(H,27,30)(H,28,31)/b6-4+. The third-order valence-electron chi connectivity index (χ3n) is 6.54. The number of nitrogens with zero attached hydrogens (tertiary/aromatic N) is 1. The van der Waals surface area contributed by atoms with Crippen LogP contribution in [0.1, 0.15) is 58.9 Å². The van der Waals surface area contributed by atoms with Crippen molar-refractivity contribution in [1.82, 2.24) is 10.3 Å². The van der Waals surface area contributed by atoms with Crippen molar-refractivity contribution in [2.75, 3.05) is 24.7 Å². The fourth-order valence-electron chi connectivity index (χ4n) is 4.92. The molecule has 170 valence electrons. The second-order valence-corrected chi connectivity index (χ2v) is 8.61. The summed E-state index contributed by atoms with van der Waals surface area (Å²) in [6.07, 6.45) is 8.68. The molecule has 0 radical (unpaired) electrons. The molecule has 1 fully saturated rings. The smallest absolute Gasteiger partial charge is 0.253 e. The van der Waals surface area contributed by atoms with Crippen LogP contribution in [-0.2, 0) is 24.1 Å². The lowest BCUT2D eigenvalue weighted by Crippen LogP contribution is -2.40. The van der Waals surface area contributed by atoms with E-state index in [-0.39, 0.29) is 18.0 Å². The van der Waals surface area contributed by atoms with Crippen molar-refractivity contribution in [2.45, 2.75) is 58.5 Å². The molecule has 0 spiro atoms. The molecule has 1 aromatic carbocycles. The molecule has 0 aliphatic carbocycles. The lowest BCUT2D eigenvalue weighted by atomic mass is 9.96. The molecule has 1 saturated heterocycles. The number of carbonyl (C=O) groups excluding carboxylic acids is 1. The third-order valence-corrected chi connectivity index (χ3v) is 6.54. The number of aromatic amines is 1. The van der Waals surface area contributed by atoms with E-state index in [1.165, 1.54) is 0 Å². The fraction of sp³-hybridized carbons (Fsp3) is 0.462. The van der Waals surface area contributed by atoms with Crippen LogP contribution in [0.25, 0.3) is 0 Å². The predicted octanol–water partition coefficient (Wildman–Crippen LogP) is 3.66. The van der Waals surface area contributed by atoms with Gasteiger partial charge in [0.15, 0.2) is 0 Å². The summed E-state index contributed by atoms with van der Waals surface area (Å²) in [4.78, 5) is 31.1.